The van der Waals surface area contributed by atoms with Crippen molar-refractivity contribution < 1.29 is 18.0 Å². The van der Waals surface area contributed by atoms with Gasteiger partial charge in [0.15, 0.2) is 0 Å². The quantitative estimate of drug-likeness (QED) is 0.902. The molecule has 0 aliphatic rings. The molecule has 0 fully saturated rings. The van der Waals surface area contributed by atoms with Gasteiger partial charge in [0, 0.05) is 6.20 Å². The molecule has 0 aliphatic heterocycles. The molecule has 1 heterocycles. The zero-order chi connectivity index (χ0) is 16.9. The SMILES string of the molecule is CC(NC(=O)NCc1ccccn1)c1cccc(C(F)(F)F)c1. The molecule has 0 bridgehead atoms. The van der Waals surface area contributed by atoms with Crippen molar-refractivity contribution in [2.24, 2.45) is 0 Å². The molecule has 0 saturated heterocycles. The van der Waals surface area contributed by atoms with Gasteiger partial charge in [-0.15, -0.1) is 0 Å². The lowest BCUT2D eigenvalue weighted by Gasteiger charge is -2.16. The Morgan fingerprint density at radius 2 is 2.00 bits per heavy atom. The van der Waals surface area contributed by atoms with Crippen LogP contribution in [0.25, 0.3) is 0 Å². The second kappa shape index (κ2) is 7.13. The van der Waals surface area contributed by atoms with Crippen LogP contribution in [0.15, 0.2) is 48.7 Å². The number of rotatable bonds is 4. The van der Waals surface area contributed by atoms with E-state index in [-0.39, 0.29) is 6.54 Å². The number of pyridine rings is 1. The second-order valence-corrected chi connectivity index (χ2v) is 4.99. The Morgan fingerprint density at radius 3 is 2.65 bits per heavy atom. The predicted octanol–water partition coefficient (Wildman–Crippen LogP) is 3.66. The van der Waals surface area contributed by atoms with Gasteiger partial charge in [-0.05, 0) is 36.8 Å². The van der Waals surface area contributed by atoms with E-state index in [1.54, 1.807) is 37.4 Å². The first-order valence-corrected chi connectivity index (χ1v) is 6.97. The highest BCUT2D eigenvalue weighted by atomic mass is 19.4. The average Bonchev–Trinajstić information content (AvgIpc) is 2.53. The number of hydrogen-bond donors (Lipinski definition) is 2. The molecule has 4 nitrogen and oxygen atoms in total. The summed E-state index contributed by atoms with van der Waals surface area (Å²) in [6.07, 6.45) is -2.79. The first kappa shape index (κ1) is 16.8. The van der Waals surface area contributed by atoms with Gasteiger partial charge in [0.1, 0.15) is 0 Å². The highest BCUT2D eigenvalue weighted by Crippen LogP contribution is 2.30. The maximum Gasteiger partial charge on any atom is 0.416 e. The third kappa shape index (κ3) is 4.98. The Bertz CT molecular complexity index is 659. The molecule has 2 amide bonds. The third-order valence-corrected chi connectivity index (χ3v) is 3.22. The summed E-state index contributed by atoms with van der Waals surface area (Å²) in [5, 5.41) is 5.21. The van der Waals surface area contributed by atoms with E-state index in [9.17, 15) is 18.0 Å². The molecule has 7 heteroatoms. The number of urea groups is 1. The monoisotopic (exact) mass is 323 g/mol. The maximum atomic E-state index is 12.7. The van der Waals surface area contributed by atoms with Crippen molar-refractivity contribution in [3.05, 3.63) is 65.5 Å². The van der Waals surface area contributed by atoms with Crippen molar-refractivity contribution in [1.29, 1.82) is 0 Å². The predicted molar refractivity (Wildman–Crippen MR) is 79.5 cm³/mol. The van der Waals surface area contributed by atoms with Crippen LogP contribution in [0.3, 0.4) is 0 Å². The number of benzene rings is 1. The fourth-order valence-corrected chi connectivity index (χ4v) is 1.99. The highest BCUT2D eigenvalue weighted by Gasteiger charge is 2.30. The van der Waals surface area contributed by atoms with Gasteiger partial charge in [0.05, 0.1) is 23.8 Å². The van der Waals surface area contributed by atoms with Crippen LogP contribution in [0.4, 0.5) is 18.0 Å². The van der Waals surface area contributed by atoms with E-state index in [0.717, 1.165) is 12.1 Å². The number of amides is 2. The minimum Gasteiger partial charge on any atom is -0.332 e. The molecule has 0 radical (unpaired) electrons. The number of hydrogen-bond acceptors (Lipinski definition) is 2. The normalized spacial score (nSPS) is 12.5. The van der Waals surface area contributed by atoms with Gasteiger partial charge in [-0.3, -0.25) is 4.98 Å². The molecule has 0 aliphatic carbocycles. The third-order valence-electron chi connectivity index (χ3n) is 3.22. The summed E-state index contributed by atoms with van der Waals surface area (Å²) in [4.78, 5) is 15.9. The molecule has 1 aromatic carbocycles. The summed E-state index contributed by atoms with van der Waals surface area (Å²) < 4.78 is 38.1. The lowest BCUT2D eigenvalue weighted by atomic mass is 10.1. The lowest BCUT2D eigenvalue weighted by Crippen LogP contribution is -2.36. The van der Waals surface area contributed by atoms with Gasteiger partial charge in [-0.2, -0.15) is 13.2 Å². The Balaban J connectivity index is 1.93. The standard InChI is InChI=1S/C16H16F3N3O/c1-11(12-5-4-6-13(9-12)16(17,18)19)22-15(23)21-10-14-7-2-3-8-20-14/h2-9,11H,10H2,1H3,(H2,21,22,23). The van der Waals surface area contributed by atoms with Crippen molar-refractivity contribution in [3.8, 4) is 0 Å². The van der Waals surface area contributed by atoms with Gasteiger partial charge in [-0.1, -0.05) is 18.2 Å². The number of carbonyl (C=O) groups is 1. The van der Waals surface area contributed by atoms with Crippen LogP contribution >= 0.6 is 0 Å². The molecule has 1 unspecified atom stereocenters. The smallest absolute Gasteiger partial charge is 0.332 e. The number of carbonyl (C=O) groups excluding carboxylic acids is 1. The van der Waals surface area contributed by atoms with Crippen LogP contribution in [0.1, 0.15) is 29.8 Å². The second-order valence-electron chi connectivity index (χ2n) is 4.99. The largest absolute Gasteiger partial charge is 0.416 e. The van der Waals surface area contributed by atoms with Crippen LogP contribution < -0.4 is 10.6 Å². The fraction of sp³-hybridized carbons (Fsp3) is 0.250. The molecule has 1 atom stereocenters. The van der Waals surface area contributed by atoms with Gasteiger partial charge in [-0.25, -0.2) is 4.79 Å². The number of alkyl halides is 3. The van der Waals surface area contributed by atoms with E-state index < -0.39 is 23.8 Å². The van der Waals surface area contributed by atoms with E-state index in [4.69, 9.17) is 0 Å². The molecular formula is C16H16F3N3O. The molecule has 2 N–H and O–H groups in total. The number of halogens is 3. The molecule has 1 aromatic heterocycles. The topological polar surface area (TPSA) is 54.0 Å². The van der Waals surface area contributed by atoms with Crippen LogP contribution in [0, 0.1) is 0 Å². The fourth-order valence-electron chi connectivity index (χ4n) is 1.99. The lowest BCUT2D eigenvalue weighted by molar-refractivity contribution is -0.137. The molecule has 2 aromatic rings. The molecule has 23 heavy (non-hydrogen) atoms. The van der Waals surface area contributed by atoms with Crippen LogP contribution in [0.2, 0.25) is 0 Å². The maximum absolute atomic E-state index is 12.7. The summed E-state index contributed by atoms with van der Waals surface area (Å²) in [6, 6.07) is 9.19. The molecule has 2 rings (SSSR count). The van der Waals surface area contributed by atoms with Gasteiger partial charge in [0.25, 0.3) is 0 Å². The summed E-state index contributed by atoms with van der Waals surface area (Å²) in [7, 11) is 0. The number of nitrogens with zero attached hydrogens (tertiary/aromatic N) is 1. The molecular weight excluding hydrogens is 307 g/mol. The number of aromatic nitrogens is 1. The van der Waals surface area contributed by atoms with Crippen molar-refractivity contribution >= 4 is 6.03 Å². The van der Waals surface area contributed by atoms with Crippen LogP contribution in [-0.2, 0) is 12.7 Å². The zero-order valence-electron chi connectivity index (χ0n) is 12.4. The van der Waals surface area contributed by atoms with E-state index in [0.29, 0.717) is 11.3 Å². The summed E-state index contributed by atoms with van der Waals surface area (Å²) in [5.41, 5.74) is 0.333. The van der Waals surface area contributed by atoms with E-state index in [2.05, 4.69) is 15.6 Å². The minimum atomic E-state index is -4.41. The first-order valence-electron chi connectivity index (χ1n) is 6.97. The van der Waals surface area contributed by atoms with Crippen LogP contribution in [0.5, 0.6) is 0 Å². The Kier molecular flexibility index (Phi) is 5.20. The number of nitrogens with one attached hydrogen (secondary N) is 2. The Morgan fingerprint density at radius 1 is 1.22 bits per heavy atom. The molecule has 0 spiro atoms. The zero-order valence-corrected chi connectivity index (χ0v) is 12.4. The van der Waals surface area contributed by atoms with Gasteiger partial charge < -0.3 is 10.6 Å². The highest BCUT2D eigenvalue weighted by molar-refractivity contribution is 5.74. The van der Waals surface area contributed by atoms with Crippen molar-refractivity contribution in [2.45, 2.75) is 25.7 Å². The van der Waals surface area contributed by atoms with Crippen molar-refractivity contribution in [2.75, 3.05) is 0 Å². The van der Waals surface area contributed by atoms with Gasteiger partial charge >= 0.3 is 12.2 Å². The van der Waals surface area contributed by atoms with Crippen LogP contribution in [-0.4, -0.2) is 11.0 Å². The van der Waals surface area contributed by atoms with E-state index in [1.807, 2.05) is 0 Å². The Labute approximate surface area is 131 Å². The molecule has 0 saturated carbocycles. The Hall–Kier alpha value is -2.57. The molecule has 122 valence electrons. The van der Waals surface area contributed by atoms with E-state index >= 15 is 0 Å². The summed E-state index contributed by atoms with van der Waals surface area (Å²) >= 11 is 0. The summed E-state index contributed by atoms with van der Waals surface area (Å²) in [6.45, 7) is 1.86. The summed E-state index contributed by atoms with van der Waals surface area (Å²) in [5.74, 6) is 0. The van der Waals surface area contributed by atoms with Gasteiger partial charge in [0.2, 0.25) is 0 Å². The van der Waals surface area contributed by atoms with Crippen molar-refractivity contribution in [1.82, 2.24) is 15.6 Å². The average molecular weight is 323 g/mol. The van der Waals surface area contributed by atoms with Crippen molar-refractivity contribution in [3.63, 3.8) is 0 Å². The first-order chi connectivity index (χ1) is 10.9. The minimum absolute atomic E-state index is 0.238. The van der Waals surface area contributed by atoms with E-state index in [1.165, 1.54) is 6.07 Å².